The molecular formula is C16H16ClN5. The third-order valence-corrected chi connectivity index (χ3v) is 4.14. The van der Waals surface area contributed by atoms with E-state index < -0.39 is 0 Å². The predicted octanol–water partition coefficient (Wildman–Crippen LogP) is 2.47. The number of nitriles is 1. The van der Waals surface area contributed by atoms with E-state index in [0.29, 0.717) is 11.5 Å². The Morgan fingerprint density at radius 1 is 1.32 bits per heavy atom. The Morgan fingerprint density at radius 3 is 3.00 bits per heavy atom. The summed E-state index contributed by atoms with van der Waals surface area (Å²) in [5.74, 6) is 0.694. The molecule has 0 amide bonds. The zero-order valence-electron chi connectivity index (χ0n) is 12.1. The van der Waals surface area contributed by atoms with Gasteiger partial charge in [-0.25, -0.2) is 9.97 Å². The third-order valence-electron chi connectivity index (χ3n) is 3.79. The molecule has 0 radical (unpaired) electrons. The fourth-order valence-corrected chi connectivity index (χ4v) is 2.92. The standard InChI is InChI=1S/C16H16ClN5/c17-15-3-1-2-12-11-22(6-4-14(12)15)7-5-19-16-10-20-13(8-18)9-21-16/h1-3,9-10H,4-7,11H2,(H,19,21). The van der Waals surface area contributed by atoms with E-state index in [1.807, 2.05) is 18.2 Å². The molecule has 0 bridgehead atoms. The molecule has 2 aromatic rings. The van der Waals surface area contributed by atoms with Gasteiger partial charge in [-0.3, -0.25) is 4.90 Å². The molecule has 0 spiro atoms. The Hall–Kier alpha value is -2.16. The van der Waals surface area contributed by atoms with Crippen molar-refractivity contribution in [3.63, 3.8) is 0 Å². The van der Waals surface area contributed by atoms with Gasteiger partial charge in [-0.05, 0) is 23.6 Å². The minimum Gasteiger partial charge on any atom is -0.368 e. The molecule has 0 aliphatic carbocycles. The van der Waals surface area contributed by atoms with Crippen LogP contribution in [-0.2, 0) is 13.0 Å². The Balaban J connectivity index is 1.51. The second-order valence-electron chi connectivity index (χ2n) is 5.23. The van der Waals surface area contributed by atoms with Crippen molar-refractivity contribution >= 4 is 17.4 Å². The van der Waals surface area contributed by atoms with E-state index in [-0.39, 0.29) is 0 Å². The molecule has 5 nitrogen and oxygen atoms in total. The van der Waals surface area contributed by atoms with E-state index in [2.05, 4.69) is 26.3 Å². The van der Waals surface area contributed by atoms with Crippen molar-refractivity contribution in [1.29, 1.82) is 5.26 Å². The quantitative estimate of drug-likeness (QED) is 0.939. The predicted molar refractivity (Wildman–Crippen MR) is 85.7 cm³/mol. The number of nitrogens with one attached hydrogen (secondary N) is 1. The fourth-order valence-electron chi connectivity index (χ4n) is 2.63. The van der Waals surface area contributed by atoms with Crippen LogP contribution in [0.1, 0.15) is 16.8 Å². The summed E-state index contributed by atoms with van der Waals surface area (Å²) < 4.78 is 0. The van der Waals surface area contributed by atoms with Crippen molar-refractivity contribution in [2.24, 2.45) is 0 Å². The molecule has 1 aliphatic heterocycles. The number of hydrogen-bond acceptors (Lipinski definition) is 5. The van der Waals surface area contributed by atoms with Crippen molar-refractivity contribution in [2.75, 3.05) is 25.0 Å². The maximum absolute atomic E-state index is 8.69. The first-order valence-corrected chi connectivity index (χ1v) is 7.58. The lowest BCUT2D eigenvalue weighted by Gasteiger charge is -2.29. The van der Waals surface area contributed by atoms with E-state index >= 15 is 0 Å². The van der Waals surface area contributed by atoms with Gasteiger partial charge in [0.15, 0.2) is 5.69 Å². The van der Waals surface area contributed by atoms with Crippen molar-refractivity contribution in [3.8, 4) is 6.07 Å². The molecule has 0 atom stereocenters. The molecule has 1 N–H and O–H groups in total. The molecule has 6 heteroatoms. The van der Waals surface area contributed by atoms with Gasteiger partial charge >= 0.3 is 0 Å². The van der Waals surface area contributed by atoms with Crippen molar-refractivity contribution in [3.05, 3.63) is 52.4 Å². The number of halogens is 1. The number of fused-ring (bicyclic) bond motifs is 1. The second-order valence-corrected chi connectivity index (χ2v) is 5.64. The van der Waals surface area contributed by atoms with E-state index in [1.165, 1.54) is 17.3 Å². The van der Waals surface area contributed by atoms with Crippen LogP contribution in [-0.4, -0.2) is 34.5 Å². The summed E-state index contributed by atoms with van der Waals surface area (Å²) in [5.41, 5.74) is 2.93. The van der Waals surface area contributed by atoms with Crippen molar-refractivity contribution in [1.82, 2.24) is 14.9 Å². The van der Waals surface area contributed by atoms with Gasteiger partial charge in [0.1, 0.15) is 11.9 Å². The highest BCUT2D eigenvalue weighted by molar-refractivity contribution is 6.31. The summed E-state index contributed by atoms with van der Waals surface area (Å²) in [6.07, 6.45) is 4.05. The molecule has 1 aromatic carbocycles. The number of nitrogens with zero attached hydrogens (tertiary/aromatic N) is 4. The van der Waals surface area contributed by atoms with Gasteiger partial charge in [0.05, 0.1) is 12.4 Å². The summed E-state index contributed by atoms with van der Waals surface area (Å²) in [7, 11) is 0. The van der Waals surface area contributed by atoms with Crippen LogP contribution in [0.2, 0.25) is 5.02 Å². The largest absolute Gasteiger partial charge is 0.368 e. The molecule has 1 aliphatic rings. The number of aromatic nitrogens is 2. The van der Waals surface area contributed by atoms with Gasteiger partial charge < -0.3 is 5.32 Å². The first kappa shape index (κ1) is 14.8. The van der Waals surface area contributed by atoms with E-state index in [0.717, 1.165) is 37.6 Å². The first-order valence-electron chi connectivity index (χ1n) is 7.21. The summed E-state index contributed by atoms with van der Waals surface area (Å²) in [5, 5.41) is 12.8. The molecule has 1 aromatic heterocycles. The maximum Gasteiger partial charge on any atom is 0.158 e. The van der Waals surface area contributed by atoms with Gasteiger partial charge in [0.25, 0.3) is 0 Å². The van der Waals surface area contributed by atoms with Crippen molar-refractivity contribution < 1.29 is 0 Å². The van der Waals surface area contributed by atoms with Crippen LogP contribution >= 0.6 is 11.6 Å². The zero-order valence-corrected chi connectivity index (χ0v) is 12.8. The van der Waals surface area contributed by atoms with E-state index in [9.17, 15) is 0 Å². The molecular weight excluding hydrogens is 298 g/mol. The average molecular weight is 314 g/mol. The number of anilines is 1. The summed E-state index contributed by atoms with van der Waals surface area (Å²) in [6, 6.07) is 8.07. The van der Waals surface area contributed by atoms with E-state index in [4.69, 9.17) is 16.9 Å². The van der Waals surface area contributed by atoms with E-state index in [1.54, 1.807) is 6.20 Å². The number of benzene rings is 1. The number of hydrogen-bond donors (Lipinski definition) is 1. The third kappa shape index (κ3) is 3.35. The van der Waals surface area contributed by atoms with Gasteiger partial charge in [-0.2, -0.15) is 5.26 Å². The monoisotopic (exact) mass is 313 g/mol. The first-order chi connectivity index (χ1) is 10.8. The highest BCUT2D eigenvalue weighted by atomic mass is 35.5. The summed E-state index contributed by atoms with van der Waals surface area (Å²) in [4.78, 5) is 10.5. The smallest absolute Gasteiger partial charge is 0.158 e. The lowest BCUT2D eigenvalue weighted by atomic mass is 10.00. The molecule has 0 unspecified atom stereocenters. The second kappa shape index (κ2) is 6.73. The molecule has 112 valence electrons. The zero-order chi connectivity index (χ0) is 15.4. The molecule has 2 heterocycles. The van der Waals surface area contributed by atoms with Crippen LogP contribution < -0.4 is 5.32 Å². The molecule has 0 saturated heterocycles. The lowest BCUT2D eigenvalue weighted by molar-refractivity contribution is 0.264. The summed E-state index contributed by atoms with van der Waals surface area (Å²) >= 11 is 6.23. The fraction of sp³-hybridized carbons (Fsp3) is 0.312. The van der Waals surface area contributed by atoms with Gasteiger partial charge in [-0.15, -0.1) is 0 Å². The van der Waals surface area contributed by atoms with Crippen LogP contribution in [0, 0.1) is 11.3 Å². The Morgan fingerprint density at radius 2 is 2.23 bits per heavy atom. The highest BCUT2D eigenvalue weighted by Crippen LogP contribution is 2.25. The molecule has 0 saturated carbocycles. The highest BCUT2D eigenvalue weighted by Gasteiger charge is 2.17. The Bertz CT molecular complexity index is 693. The van der Waals surface area contributed by atoms with Crippen molar-refractivity contribution in [2.45, 2.75) is 13.0 Å². The van der Waals surface area contributed by atoms with Crippen LogP contribution in [0.4, 0.5) is 5.82 Å². The SMILES string of the molecule is N#Cc1cnc(NCCN2CCc3c(Cl)cccc3C2)cn1. The topological polar surface area (TPSA) is 64.8 Å². The average Bonchev–Trinajstić information content (AvgIpc) is 2.56. The Labute approximate surface area is 134 Å². The minimum absolute atomic E-state index is 0.329. The van der Waals surface area contributed by atoms with Crippen LogP contribution in [0.15, 0.2) is 30.6 Å². The summed E-state index contributed by atoms with van der Waals surface area (Å²) in [6.45, 7) is 3.65. The molecule has 0 fully saturated rings. The van der Waals surface area contributed by atoms with Crippen LogP contribution in [0.25, 0.3) is 0 Å². The molecule has 22 heavy (non-hydrogen) atoms. The minimum atomic E-state index is 0.329. The normalized spacial score (nSPS) is 14.2. The van der Waals surface area contributed by atoms with Crippen LogP contribution in [0.3, 0.4) is 0 Å². The lowest BCUT2D eigenvalue weighted by Crippen LogP contribution is -2.34. The molecule has 3 rings (SSSR count). The number of rotatable bonds is 4. The van der Waals surface area contributed by atoms with Gasteiger partial charge in [0, 0.05) is 31.2 Å². The van der Waals surface area contributed by atoms with Crippen LogP contribution in [0.5, 0.6) is 0 Å². The van der Waals surface area contributed by atoms with Gasteiger partial charge in [-0.1, -0.05) is 23.7 Å². The maximum atomic E-state index is 8.69. The Kier molecular flexibility index (Phi) is 4.52. The van der Waals surface area contributed by atoms with Gasteiger partial charge in [0.2, 0.25) is 0 Å².